The molecule has 0 aromatic heterocycles. The number of aliphatic hydroxyl groups is 1. The van der Waals surface area contributed by atoms with Crippen LogP contribution in [0.5, 0.6) is 0 Å². The number of hydrogen-bond donors (Lipinski definition) is 2. The normalized spacial score (nSPS) is 39.5. The molecule has 0 aliphatic heterocycles. The highest BCUT2D eigenvalue weighted by atomic mass is 16.3. The summed E-state index contributed by atoms with van der Waals surface area (Å²) in [5.41, 5.74) is 6.04. The van der Waals surface area contributed by atoms with Crippen molar-refractivity contribution in [1.82, 2.24) is 0 Å². The van der Waals surface area contributed by atoms with E-state index in [0.29, 0.717) is 12.0 Å². The monoisotopic (exact) mass is 253 g/mol. The van der Waals surface area contributed by atoms with E-state index < -0.39 is 5.60 Å². The van der Waals surface area contributed by atoms with Crippen LogP contribution in [0.25, 0.3) is 0 Å². The van der Waals surface area contributed by atoms with E-state index in [2.05, 4.69) is 20.8 Å². The van der Waals surface area contributed by atoms with E-state index in [4.69, 9.17) is 5.73 Å². The molecule has 2 aliphatic carbocycles. The fourth-order valence-electron chi connectivity index (χ4n) is 4.04. The van der Waals surface area contributed by atoms with Crippen LogP contribution in [0, 0.1) is 16.7 Å². The molecule has 18 heavy (non-hydrogen) atoms. The summed E-state index contributed by atoms with van der Waals surface area (Å²) in [5.74, 6) is 0.813. The third kappa shape index (κ3) is 2.46. The second kappa shape index (κ2) is 4.79. The van der Waals surface area contributed by atoms with E-state index in [-0.39, 0.29) is 5.41 Å². The number of hydrogen-bond acceptors (Lipinski definition) is 2. The molecule has 0 aromatic carbocycles. The molecule has 0 atom stereocenters. The smallest absolute Gasteiger partial charge is 0.0716 e. The van der Waals surface area contributed by atoms with Crippen molar-refractivity contribution in [1.29, 1.82) is 0 Å². The largest absolute Gasteiger partial charge is 0.389 e. The standard InChI is InChI=1S/C16H31NO/c1-13-4-6-15(12-17,7-5-13)16(18)10-8-14(2,3)9-11-16/h13,18H,4-12,17H2,1-3H3. The van der Waals surface area contributed by atoms with Gasteiger partial charge in [-0.05, 0) is 49.9 Å². The van der Waals surface area contributed by atoms with Gasteiger partial charge in [-0.25, -0.2) is 0 Å². The molecule has 0 unspecified atom stereocenters. The van der Waals surface area contributed by atoms with Crippen LogP contribution in [0.3, 0.4) is 0 Å². The van der Waals surface area contributed by atoms with Gasteiger partial charge in [0.25, 0.3) is 0 Å². The van der Waals surface area contributed by atoms with Gasteiger partial charge in [0.1, 0.15) is 0 Å². The molecular formula is C16H31NO. The summed E-state index contributed by atoms with van der Waals surface area (Å²) in [6.07, 6.45) is 8.91. The molecule has 0 amide bonds. The molecule has 0 heterocycles. The van der Waals surface area contributed by atoms with Gasteiger partial charge in [0.15, 0.2) is 0 Å². The van der Waals surface area contributed by atoms with Gasteiger partial charge in [-0.15, -0.1) is 0 Å². The molecule has 106 valence electrons. The van der Waals surface area contributed by atoms with Gasteiger partial charge in [-0.3, -0.25) is 0 Å². The average molecular weight is 253 g/mol. The first kappa shape index (κ1) is 14.3. The lowest BCUT2D eigenvalue weighted by Gasteiger charge is -2.54. The van der Waals surface area contributed by atoms with Crippen LogP contribution in [0.15, 0.2) is 0 Å². The lowest BCUT2D eigenvalue weighted by Crippen LogP contribution is -2.56. The van der Waals surface area contributed by atoms with Crippen molar-refractivity contribution in [2.24, 2.45) is 22.5 Å². The maximum absolute atomic E-state index is 11.2. The Morgan fingerprint density at radius 1 is 1.00 bits per heavy atom. The van der Waals surface area contributed by atoms with Crippen molar-refractivity contribution in [3.05, 3.63) is 0 Å². The van der Waals surface area contributed by atoms with Crippen molar-refractivity contribution in [2.45, 2.75) is 77.7 Å². The molecule has 2 fully saturated rings. The summed E-state index contributed by atoms with van der Waals surface area (Å²) in [4.78, 5) is 0. The Bertz CT molecular complexity index is 279. The molecule has 0 bridgehead atoms. The molecule has 2 nitrogen and oxygen atoms in total. The summed E-state index contributed by atoms with van der Waals surface area (Å²) in [5, 5.41) is 11.2. The van der Waals surface area contributed by atoms with E-state index in [0.717, 1.165) is 44.4 Å². The first-order chi connectivity index (χ1) is 8.33. The molecule has 0 saturated heterocycles. The lowest BCUT2D eigenvalue weighted by atomic mass is 9.55. The predicted octanol–water partition coefficient (Wildman–Crippen LogP) is 3.47. The molecule has 2 saturated carbocycles. The van der Waals surface area contributed by atoms with Crippen molar-refractivity contribution < 1.29 is 5.11 Å². The Kier molecular flexibility index (Phi) is 3.81. The van der Waals surface area contributed by atoms with Crippen LogP contribution in [0.2, 0.25) is 0 Å². The summed E-state index contributed by atoms with van der Waals surface area (Å²) in [6, 6.07) is 0. The second-order valence-electron chi connectivity index (χ2n) is 7.86. The molecule has 0 spiro atoms. The van der Waals surface area contributed by atoms with E-state index >= 15 is 0 Å². The summed E-state index contributed by atoms with van der Waals surface area (Å²) < 4.78 is 0. The van der Waals surface area contributed by atoms with E-state index in [1.165, 1.54) is 12.8 Å². The van der Waals surface area contributed by atoms with Gasteiger partial charge < -0.3 is 10.8 Å². The fraction of sp³-hybridized carbons (Fsp3) is 1.00. The van der Waals surface area contributed by atoms with Crippen LogP contribution in [0.1, 0.15) is 72.1 Å². The maximum Gasteiger partial charge on any atom is 0.0716 e. The Balaban J connectivity index is 2.12. The van der Waals surface area contributed by atoms with Gasteiger partial charge in [0.05, 0.1) is 5.60 Å². The van der Waals surface area contributed by atoms with Crippen molar-refractivity contribution >= 4 is 0 Å². The Morgan fingerprint density at radius 2 is 1.50 bits per heavy atom. The molecular weight excluding hydrogens is 222 g/mol. The minimum Gasteiger partial charge on any atom is -0.389 e. The van der Waals surface area contributed by atoms with E-state index in [9.17, 15) is 5.11 Å². The second-order valence-corrected chi connectivity index (χ2v) is 7.86. The molecule has 2 heteroatoms. The van der Waals surface area contributed by atoms with Gasteiger partial charge in [0.2, 0.25) is 0 Å². The van der Waals surface area contributed by atoms with Crippen LogP contribution >= 0.6 is 0 Å². The van der Waals surface area contributed by atoms with Crippen LogP contribution < -0.4 is 5.73 Å². The van der Waals surface area contributed by atoms with Crippen LogP contribution in [0.4, 0.5) is 0 Å². The van der Waals surface area contributed by atoms with E-state index in [1.807, 2.05) is 0 Å². The molecule has 2 rings (SSSR count). The zero-order valence-corrected chi connectivity index (χ0v) is 12.5. The maximum atomic E-state index is 11.2. The predicted molar refractivity (Wildman–Crippen MR) is 76.3 cm³/mol. The van der Waals surface area contributed by atoms with Gasteiger partial charge >= 0.3 is 0 Å². The van der Waals surface area contributed by atoms with Gasteiger partial charge in [-0.2, -0.15) is 0 Å². The SMILES string of the molecule is CC1CCC(CN)(C2(O)CCC(C)(C)CC2)CC1. The van der Waals surface area contributed by atoms with Gasteiger partial charge in [-0.1, -0.05) is 33.6 Å². The minimum atomic E-state index is -0.489. The Morgan fingerprint density at radius 3 is 1.94 bits per heavy atom. The van der Waals surface area contributed by atoms with E-state index in [1.54, 1.807) is 0 Å². The minimum absolute atomic E-state index is 0.00993. The lowest BCUT2D eigenvalue weighted by molar-refractivity contribution is -0.139. The zero-order chi connectivity index (χ0) is 13.4. The van der Waals surface area contributed by atoms with Crippen molar-refractivity contribution in [2.75, 3.05) is 6.54 Å². The highest BCUT2D eigenvalue weighted by Gasteiger charge is 2.52. The van der Waals surface area contributed by atoms with Crippen molar-refractivity contribution in [3.63, 3.8) is 0 Å². The first-order valence-electron chi connectivity index (χ1n) is 7.75. The summed E-state index contributed by atoms with van der Waals surface area (Å²) in [6.45, 7) is 7.64. The third-order valence-corrected chi connectivity index (χ3v) is 6.04. The third-order valence-electron chi connectivity index (χ3n) is 6.04. The first-order valence-corrected chi connectivity index (χ1v) is 7.75. The summed E-state index contributed by atoms with van der Waals surface area (Å²) in [7, 11) is 0. The number of nitrogens with two attached hydrogens (primary N) is 1. The molecule has 2 aliphatic rings. The molecule has 0 radical (unpaired) electrons. The molecule has 0 aromatic rings. The Hall–Kier alpha value is -0.0800. The van der Waals surface area contributed by atoms with Crippen molar-refractivity contribution in [3.8, 4) is 0 Å². The quantitative estimate of drug-likeness (QED) is 0.791. The highest BCUT2D eigenvalue weighted by molar-refractivity contribution is 5.04. The Labute approximate surface area is 112 Å². The van der Waals surface area contributed by atoms with Crippen LogP contribution in [-0.4, -0.2) is 17.3 Å². The summed E-state index contributed by atoms with van der Waals surface area (Å²) >= 11 is 0. The number of rotatable bonds is 2. The highest BCUT2D eigenvalue weighted by Crippen LogP contribution is 2.54. The fourth-order valence-corrected chi connectivity index (χ4v) is 4.04. The topological polar surface area (TPSA) is 46.2 Å². The van der Waals surface area contributed by atoms with Crippen LogP contribution in [-0.2, 0) is 0 Å². The molecule has 3 N–H and O–H groups in total. The van der Waals surface area contributed by atoms with Gasteiger partial charge in [0, 0.05) is 12.0 Å². The zero-order valence-electron chi connectivity index (χ0n) is 12.5. The average Bonchev–Trinajstić information content (AvgIpc) is 2.35.